The van der Waals surface area contributed by atoms with Gasteiger partial charge in [0.05, 0.1) is 12.0 Å². The van der Waals surface area contributed by atoms with Gasteiger partial charge in [0.2, 0.25) is 5.91 Å². The predicted molar refractivity (Wildman–Crippen MR) is 122 cm³/mol. The minimum absolute atomic E-state index is 0.0745. The number of benzene rings is 2. The summed E-state index contributed by atoms with van der Waals surface area (Å²) in [7, 11) is 0. The standard InChI is InChI=1S/C25H25N3OS/c1-17-8-9-20(12-18(17)2)13-24(29)27-25-22(14-26)21-10-11-28(16-23(21)30-25)15-19-6-4-3-5-7-19/h3-9,12H,10-11,13,15-16H2,1-2H3,(H,27,29). The summed E-state index contributed by atoms with van der Waals surface area (Å²) in [6.07, 6.45) is 1.16. The lowest BCUT2D eigenvalue weighted by Gasteiger charge is -2.26. The second-order valence-corrected chi connectivity index (χ2v) is 9.01. The van der Waals surface area contributed by atoms with Gasteiger partial charge in [-0.05, 0) is 48.1 Å². The number of hydrogen-bond acceptors (Lipinski definition) is 4. The number of nitriles is 1. The fourth-order valence-corrected chi connectivity index (χ4v) is 5.17. The van der Waals surface area contributed by atoms with Crippen LogP contribution in [0.5, 0.6) is 0 Å². The first-order valence-corrected chi connectivity index (χ1v) is 11.0. The van der Waals surface area contributed by atoms with Crippen molar-refractivity contribution in [2.75, 3.05) is 11.9 Å². The minimum atomic E-state index is -0.0745. The third-order valence-electron chi connectivity index (χ3n) is 5.69. The monoisotopic (exact) mass is 415 g/mol. The molecule has 5 heteroatoms. The van der Waals surface area contributed by atoms with Crippen LogP contribution in [-0.2, 0) is 30.7 Å². The van der Waals surface area contributed by atoms with Gasteiger partial charge in [-0.25, -0.2) is 0 Å². The second-order valence-electron chi connectivity index (χ2n) is 7.91. The summed E-state index contributed by atoms with van der Waals surface area (Å²) in [4.78, 5) is 16.2. The lowest BCUT2D eigenvalue weighted by molar-refractivity contribution is -0.115. The molecule has 0 radical (unpaired) electrons. The first-order chi connectivity index (χ1) is 14.5. The predicted octanol–water partition coefficient (Wildman–Crippen LogP) is 4.98. The van der Waals surface area contributed by atoms with Crippen molar-refractivity contribution in [1.29, 1.82) is 5.26 Å². The number of carbonyl (C=O) groups is 1. The van der Waals surface area contributed by atoms with Gasteiger partial charge >= 0.3 is 0 Å². The van der Waals surface area contributed by atoms with Gasteiger partial charge in [-0.15, -0.1) is 11.3 Å². The molecule has 0 saturated carbocycles. The van der Waals surface area contributed by atoms with Gasteiger partial charge in [0.15, 0.2) is 0 Å². The van der Waals surface area contributed by atoms with E-state index in [0.717, 1.165) is 37.2 Å². The highest BCUT2D eigenvalue weighted by Crippen LogP contribution is 2.37. The Labute approximate surface area is 181 Å². The van der Waals surface area contributed by atoms with Crippen LogP contribution in [0.4, 0.5) is 5.00 Å². The number of anilines is 1. The van der Waals surface area contributed by atoms with E-state index in [2.05, 4.69) is 60.5 Å². The van der Waals surface area contributed by atoms with Gasteiger partial charge in [0, 0.05) is 24.5 Å². The Morgan fingerprint density at radius 3 is 2.67 bits per heavy atom. The molecule has 1 aliphatic rings. The molecule has 1 amide bonds. The van der Waals surface area contributed by atoms with Crippen LogP contribution >= 0.6 is 11.3 Å². The molecule has 0 atom stereocenters. The second kappa shape index (κ2) is 8.83. The zero-order chi connectivity index (χ0) is 21.1. The van der Waals surface area contributed by atoms with Crippen molar-refractivity contribution in [2.24, 2.45) is 0 Å². The minimum Gasteiger partial charge on any atom is -0.316 e. The van der Waals surface area contributed by atoms with Crippen LogP contribution in [0.1, 0.15) is 38.3 Å². The molecular formula is C25H25N3OS. The molecule has 1 N–H and O–H groups in total. The number of rotatable bonds is 5. The number of thiophene rings is 1. The van der Waals surface area contributed by atoms with Crippen molar-refractivity contribution in [1.82, 2.24) is 4.90 Å². The Bertz CT molecular complexity index is 1110. The number of hydrogen-bond donors (Lipinski definition) is 1. The van der Waals surface area contributed by atoms with Crippen LogP contribution in [-0.4, -0.2) is 17.4 Å². The molecule has 0 bridgehead atoms. The fraction of sp³-hybridized carbons (Fsp3) is 0.280. The van der Waals surface area contributed by atoms with Gasteiger partial charge in [-0.3, -0.25) is 9.69 Å². The number of fused-ring (bicyclic) bond motifs is 1. The lowest BCUT2D eigenvalue weighted by atomic mass is 10.0. The van der Waals surface area contributed by atoms with Gasteiger partial charge in [0.25, 0.3) is 0 Å². The van der Waals surface area contributed by atoms with Crippen LogP contribution in [0, 0.1) is 25.2 Å². The number of nitrogens with one attached hydrogen (secondary N) is 1. The third kappa shape index (κ3) is 4.46. The molecule has 0 spiro atoms. The van der Waals surface area contributed by atoms with Gasteiger partial charge < -0.3 is 5.32 Å². The van der Waals surface area contributed by atoms with E-state index in [1.807, 2.05) is 18.2 Å². The normalized spacial score (nSPS) is 13.5. The summed E-state index contributed by atoms with van der Waals surface area (Å²) >= 11 is 1.55. The maximum atomic E-state index is 12.6. The molecular weight excluding hydrogens is 390 g/mol. The molecule has 0 unspecified atom stereocenters. The summed E-state index contributed by atoms with van der Waals surface area (Å²) < 4.78 is 0. The molecule has 30 heavy (non-hydrogen) atoms. The van der Waals surface area contributed by atoms with Crippen LogP contribution in [0.25, 0.3) is 0 Å². The average Bonchev–Trinajstić information content (AvgIpc) is 3.07. The van der Waals surface area contributed by atoms with E-state index in [1.54, 1.807) is 11.3 Å². The van der Waals surface area contributed by atoms with E-state index in [-0.39, 0.29) is 5.91 Å². The van der Waals surface area contributed by atoms with Gasteiger partial charge in [-0.2, -0.15) is 5.26 Å². The molecule has 3 aromatic rings. The van der Waals surface area contributed by atoms with Crippen molar-refractivity contribution < 1.29 is 4.79 Å². The van der Waals surface area contributed by atoms with Gasteiger partial charge in [-0.1, -0.05) is 48.5 Å². The fourth-order valence-electron chi connectivity index (χ4n) is 3.91. The van der Waals surface area contributed by atoms with E-state index < -0.39 is 0 Å². The van der Waals surface area contributed by atoms with Gasteiger partial charge in [0.1, 0.15) is 11.1 Å². The zero-order valence-corrected chi connectivity index (χ0v) is 18.2. The topological polar surface area (TPSA) is 56.1 Å². The lowest BCUT2D eigenvalue weighted by Crippen LogP contribution is -2.29. The summed E-state index contributed by atoms with van der Waals surface area (Å²) in [5, 5.41) is 13.4. The molecule has 4 rings (SSSR count). The molecule has 1 aliphatic heterocycles. The van der Waals surface area contributed by atoms with Crippen LogP contribution in [0.3, 0.4) is 0 Å². The van der Waals surface area contributed by atoms with Crippen LogP contribution < -0.4 is 5.32 Å². The number of nitrogens with zero attached hydrogens (tertiary/aromatic N) is 2. The Balaban J connectivity index is 1.47. The number of carbonyl (C=O) groups excluding carboxylic acids is 1. The van der Waals surface area contributed by atoms with Crippen molar-refractivity contribution in [3.63, 3.8) is 0 Å². The summed E-state index contributed by atoms with van der Waals surface area (Å²) in [5.74, 6) is -0.0745. The average molecular weight is 416 g/mol. The van der Waals surface area contributed by atoms with Crippen molar-refractivity contribution in [3.05, 3.63) is 86.8 Å². The quantitative estimate of drug-likeness (QED) is 0.640. The SMILES string of the molecule is Cc1ccc(CC(=O)Nc2sc3c(c2C#N)CCN(Cc2ccccc2)C3)cc1C. The molecule has 152 valence electrons. The Morgan fingerprint density at radius 2 is 1.93 bits per heavy atom. The number of aryl methyl sites for hydroxylation is 2. The van der Waals surface area contributed by atoms with Crippen molar-refractivity contribution in [2.45, 2.75) is 39.8 Å². The Hall–Kier alpha value is -2.94. The Morgan fingerprint density at radius 1 is 1.13 bits per heavy atom. The molecule has 0 saturated heterocycles. The first kappa shape index (κ1) is 20.3. The maximum Gasteiger partial charge on any atom is 0.229 e. The summed E-state index contributed by atoms with van der Waals surface area (Å²) in [6, 6.07) is 18.9. The van der Waals surface area contributed by atoms with Crippen LogP contribution in [0.15, 0.2) is 48.5 Å². The smallest absolute Gasteiger partial charge is 0.229 e. The zero-order valence-electron chi connectivity index (χ0n) is 17.4. The Kier molecular flexibility index (Phi) is 5.98. The molecule has 0 fully saturated rings. The maximum absolute atomic E-state index is 12.6. The molecule has 2 aromatic carbocycles. The molecule has 0 aliphatic carbocycles. The van der Waals surface area contributed by atoms with E-state index >= 15 is 0 Å². The van der Waals surface area contributed by atoms with E-state index in [0.29, 0.717) is 17.0 Å². The van der Waals surface area contributed by atoms with E-state index in [4.69, 9.17) is 0 Å². The van der Waals surface area contributed by atoms with E-state index in [1.165, 1.54) is 21.6 Å². The van der Waals surface area contributed by atoms with Crippen molar-refractivity contribution >= 4 is 22.2 Å². The summed E-state index contributed by atoms with van der Waals surface area (Å²) in [6.45, 7) is 6.75. The van der Waals surface area contributed by atoms with Crippen molar-refractivity contribution in [3.8, 4) is 6.07 Å². The van der Waals surface area contributed by atoms with Crippen LogP contribution in [0.2, 0.25) is 0 Å². The molecule has 4 nitrogen and oxygen atoms in total. The van der Waals surface area contributed by atoms with E-state index in [9.17, 15) is 10.1 Å². The highest BCUT2D eigenvalue weighted by Gasteiger charge is 2.25. The third-order valence-corrected chi connectivity index (χ3v) is 6.82. The highest BCUT2D eigenvalue weighted by molar-refractivity contribution is 7.16. The summed E-state index contributed by atoms with van der Waals surface area (Å²) in [5.41, 5.74) is 6.43. The largest absolute Gasteiger partial charge is 0.316 e. The molecule has 2 heterocycles. The first-order valence-electron chi connectivity index (χ1n) is 10.2. The highest BCUT2D eigenvalue weighted by atomic mass is 32.1. The number of amides is 1. The molecule has 1 aromatic heterocycles.